The molecule has 0 unspecified atom stereocenters. The van der Waals surface area contributed by atoms with Gasteiger partial charge in [0, 0.05) is 25.5 Å². The number of nitrogens with zero attached hydrogens (tertiary/aromatic N) is 2. The first kappa shape index (κ1) is 19.4. The van der Waals surface area contributed by atoms with E-state index >= 15 is 0 Å². The van der Waals surface area contributed by atoms with Crippen molar-refractivity contribution in [3.05, 3.63) is 78.9 Å². The summed E-state index contributed by atoms with van der Waals surface area (Å²) in [5.41, 5.74) is 4.99. The molecule has 0 bridgehead atoms. The molecule has 0 aliphatic carbocycles. The van der Waals surface area contributed by atoms with Gasteiger partial charge in [-0.1, -0.05) is 60.1 Å². The molecule has 130 valence electrons. The highest BCUT2D eigenvalue weighted by Crippen LogP contribution is 2.27. The van der Waals surface area contributed by atoms with E-state index in [1.807, 2.05) is 60.7 Å². The Labute approximate surface area is 154 Å². The number of aliphatic hydroxyl groups excluding tert-OH is 2. The number of benzene rings is 3. The van der Waals surface area contributed by atoms with Crippen LogP contribution in [0.15, 0.2) is 78.9 Å². The Morgan fingerprint density at radius 3 is 1.96 bits per heavy atom. The lowest BCUT2D eigenvalue weighted by atomic mass is 9.95. The average molecular weight is 344 g/mol. The Hall–Kier alpha value is -2.89. The van der Waals surface area contributed by atoms with Crippen molar-refractivity contribution in [2.24, 2.45) is 0 Å². The number of aliphatic hydroxyl groups is 2. The predicted octanol–water partition coefficient (Wildman–Crippen LogP) is 2.70. The van der Waals surface area contributed by atoms with Crippen LogP contribution in [0, 0.1) is 0 Å². The van der Waals surface area contributed by atoms with Crippen molar-refractivity contribution >= 4 is 24.3 Å². The maximum atomic E-state index is 7.00. The maximum Gasteiger partial charge on any atom is 0.145 e. The highest BCUT2D eigenvalue weighted by Gasteiger charge is 2.13. The van der Waals surface area contributed by atoms with Gasteiger partial charge in [-0.3, -0.25) is 4.57 Å². The van der Waals surface area contributed by atoms with Crippen molar-refractivity contribution in [1.29, 1.82) is 0 Å². The van der Waals surface area contributed by atoms with Crippen molar-refractivity contribution in [2.75, 3.05) is 14.2 Å². The molecule has 0 aliphatic rings. The van der Waals surface area contributed by atoms with Crippen LogP contribution in [-0.4, -0.2) is 41.8 Å². The van der Waals surface area contributed by atoms with Crippen LogP contribution in [0.5, 0.6) is 0 Å². The Morgan fingerprint density at radius 2 is 1.31 bits per heavy atom. The van der Waals surface area contributed by atoms with E-state index in [2.05, 4.69) is 22.8 Å². The molecule has 0 amide bonds. The van der Waals surface area contributed by atoms with Crippen molar-refractivity contribution in [3.8, 4) is 17.1 Å². The lowest BCUT2D eigenvalue weighted by Gasteiger charge is -2.09. The molecule has 26 heavy (non-hydrogen) atoms. The molecule has 4 rings (SSSR count). The van der Waals surface area contributed by atoms with Crippen LogP contribution in [0.3, 0.4) is 0 Å². The van der Waals surface area contributed by atoms with E-state index in [-0.39, 0.29) is 0 Å². The second kappa shape index (κ2) is 9.56. The topological polar surface area (TPSA) is 58.3 Å². The first-order valence-electron chi connectivity index (χ1n) is 8.11. The minimum absolute atomic E-state index is 0.756. The van der Waals surface area contributed by atoms with Crippen LogP contribution in [0.2, 0.25) is 0 Å². The van der Waals surface area contributed by atoms with E-state index in [1.165, 1.54) is 0 Å². The molecule has 4 nitrogen and oxygen atoms in total. The molecule has 1 aromatic heterocycles. The summed E-state index contributed by atoms with van der Waals surface area (Å²) in [5.74, 6) is 0.924. The summed E-state index contributed by atoms with van der Waals surface area (Å²) in [6, 6.07) is 26.3. The molecule has 0 saturated heterocycles. The van der Waals surface area contributed by atoms with Gasteiger partial charge in [-0.25, -0.2) is 4.98 Å². The van der Waals surface area contributed by atoms with Gasteiger partial charge < -0.3 is 10.2 Å². The zero-order valence-electron chi connectivity index (χ0n) is 14.9. The molecule has 3 aromatic carbocycles. The molecule has 2 N–H and O–H groups in total. The van der Waals surface area contributed by atoms with Crippen molar-refractivity contribution in [1.82, 2.24) is 9.55 Å². The minimum atomic E-state index is 0.756. The number of fused-ring (bicyclic) bond motifs is 1. The van der Waals surface area contributed by atoms with Gasteiger partial charge in [0.25, 0.3) is 0 Å². The van der Waals surface area contributed by atoms with Gasteiger partial charge in [0.15, 0.2) is 0 Å². The number of rotatable bonds is 2. The smallest absolute Gasteiger partial charge is 0.145 e. The Morgan fingerprint density at radius 1 is 0.731 bits per heavy atom. The van der Waals surface area contributed by atoms with Gasteiger partial charge in [0.05, 0.1) is 11.0 Å². The first-order valence-corrected chi connectivity index (χ1v) is 8.11. The zero-order chi connectivity index (χ0) is 18.9. The molecule has 1 heterocycles. The largest absolute Gasteiger partial charge is 0.400 e. The van der Waals surface area contributed by atoms with Crippen molar-refractivity contribution in [2.45, 2.75) is 0 Å². The third-order valence-electron chi connectivity index (χ3n) is 3.74. The standard InChI is InChI=1S/C19H13BN2.2CH4O/c20-15-12-10-14(11-13-15)19-21-17-8-4-5-9-18(17)22(19)16-6-2-1-3-7-16;2*1-2/h1-13H;2*2H,1H3. The highest BCUT2D eigenvalue weighted by molar-refractivity contribution is 6.32. The fraction of sp³-hybridized carbons (Fsp3) is 0.0952. The van der Waals surface area contributed by atoms with Gasteiger partial charge >= 0.3 is 0 Å². The van der Waals surface area contributed by atoms with Crippen LogP contribution in [0.1, 0.15) is 0 Å². The van der Waals surface area contributed by atoms with Crippen molar-refractivity contribution < 1.29 is 10.2 Å². The van der Waals surface area contributed by atoms with E-state index in [0.29, 0.717) is 0 Å². The molecule has 0 spiro atoms. The van der Waals surface area contributed by atoms with E-state index < -0.39 is 0 Å². The SMILES string of the molecule is CO.CO.[B]c1ccc(-c2nc3ccccc3n2-c2ccccc2)cc1. The molecular formula is C21H21BN2O2. The fourth-order valence-corrected chi connectivity index (χ4v) is 2.69. The van der Waals surface area contributed by atoms with Gasteiger partial charge in [-0.15, -0.1) is 0 Å². The molecule has 0 atom stereocenters. The summed E-state index contributed by atoms with van der Waals surface area (Å²) >= 11 is 0. The lowest BCUT2D eigenvalue weighted by Crippen LogP contribution is -2.01. The van der Waals surface area contributed by atoms with Crippen LogP contribution >= 0.6 is 0 Å². The molecule has 0 aliphatic heterocycles. The van der Waals surface area contributed by atoms with Gasteiger partial charge in [-0.05, 0) is 24.3 Å². The Kier molecular flexibility index (Phi) is 7.15. The predicted molar refractivity (Wildman–Crippen MR) is 108 cm³/mol. The zero-order valence-corrected chi connectivity index (χ0v) is 14.9. The van der Waals surface area contributed by atoms with Gasteiger partial charge in [0.1, 0.15) is 13.7 Å². The summed E-state index contributed by atoms with van der Waals surface area (Å²) in [7, 11) is 7.80. The number of aromatic nitrogens is 2. The van der Waals surface area contributed by atoms with Crippen molar-refractivity contribution in [3.63, 3.8) is 0 Å². The van der Waals surface area contributed by atoms with E-state index in [9.17, 15) is 0 Å². The molecule has 0 fully saturated rings. The normalized spacial score (nSPS) is 9.69. The average Bonchev–Trinajstić information content (AvgIpc) is 3.12. The second-order valence-corrected chi connectivity index (χ2v) is 5.22. The van der Waals surface area contributed by atoms with Crippen LogP contribution < -0.4 is 5.46 Å². The van der Waals surface area contributed by atoms with Crippen LogP contribution in [0.4, 0.5) is 0 Å². The second-order valence-electron chi connectivity index (χ2n) is 5.22. The summed E-state index contributed by atoms with van der Waals surface area (Å²) in [6.45, 7) is 0. The maximum absolute atomic E-state index is 7.00. The minimum Gasteiger partial charge on any atom is -0.400 e. The number of hydrogen-bond donors (Lipinski definition) is 2. The summed E-state index contributed by atoms with van der Waals surface area (Å²) in [6.07, 6.45) is 0. The summed E-state index contributed by atoms with van der Waals surface area (Å²) < 4.78 is 2.18. The van der Waals surface area contributed by atoms with E-state index in [1.54, 1.807) is 0 Å². The monoisotopic (exact) mass is 344 g/mol. The highest BCUT2D eigenvalue weighted by atomic mass is 16.2. The van der Waals surface area contributed by atoms with Crippen LogP contribution in [-0.2, 0) is 0 Å². The summed E-state index contributed by atoms with van der Waals surface area (Å²) in [4.78, 5) is 4.81. The molecular weight excluding hydrogens is 323 g/mol. The van der Waals surface area contributed by atoms with E-state index in [0.717, 1.165) is 47.8 Å². The Bertz CT molecular complexity index is 935. The third-order valence-corrected chi connectivity index (χ3v) is 3.74. The van der Waals surface area contributed by atoms with Gasteiger partial charge in [0.2, 0.25) is 0 Å². The summed E-state index contributed by atoms with van der Waals surface area (Å²) in [5, 5.41) is 14.0. The first-order chi connectivity index (χ1) is 12.8. The molecule has 5 heteroatoms. The quantitative estimate of drug-likeness (QED) is 0.550. The Balaban J connectivity index is 0.000000570. The molecule has 2 radical (unpaired) electrons. The van der Waals surface area contributed by atoms with Gasteiger partial charge in [-0.2, -0.15) is 0 Å². The van der Waals surface area contributed by atoms with E-state index in [4.69, 9.17) is 23.0 Å². The number of hydrogen-bond acceptors (Lipinski definition) is 3. The molecule has 4 aromatic rings. The lowest BCUT2D eigenvalue weighted by molar-refractivity contribution is 0.399. The van der Waals surface area contributed by atoms with Crippen LogP contribution in [0.25, 0.3) is 28.1 Å². The fourth-order valence-electron chi connectivity index (χ4n) is 2.69. The number of para-hydroxylation sites is 3. The third kappa shape index (κ3) is 4.02. The molecule has 0 saturated carbocycles. The number of imidazole rings is 1.